The van der Waals surface area contributed by atoms with E-state index in [1.807, 2.05) is 25.1 Å². The molecule has 2 rings (SSSR count). The van der Waals surface area contributed by atoms with Crippen molar-refractivity contribution < 1.29 is 9.13 Å². The number of aryl methyl sites for hydroxylation is 1. The van der Waals surface area contributed by atoms with Crippen LogP contribution in [0.25, 0.3) is 0 Å². The summed E-state index contributed by atoms with van der Waals surface area (Å²) in [5.41, 5.74) is 2.37. The predicted octanol–water partition coefficient (Wildman–Crippen LogP) is 5.89. The van der Waals surface area contributed by atoms with Crippen LogP contribution >= 0.6 is 39.1 Å². The van der Waals surface area contributed by atoms with Gasteiger partial charge in [0.1, 0.15) is 11.6 Å². The molecule has 2 aromatic rings. The fraction of sp³-hybridized carbons (Fsp3) is 0.200. The summed E-state index contributed by atoms with van der Waals surface area (Å²) in [4.78, 5) is 0. The SMILES string of the molecule is COc1cc(F)c(Br)cc1C(Cl)c1cccc(C)c1Cl. The molecule has 0 saturated carbocycles. The Morgan fingerprint density at radius 1 is 1.25 bits per heavy atom. The minimum atomic E-state index is -0.519. The van der Waals surface area contributed by atoms with E-state index in [1.165, 1.54) is 13.2 Å². The zero-order chi connectivity index (χ0) is 14.9. The highest BCUT2D eigenvalue weighted by atomic mass is 79.9. The van der Waals surface area contributed by atoms with Crippen molar-refractivity contribution in [3.63, 3.8) is 0 Å². The summed E-state index contributed by atoms with van der Waals surface area (Å²) in [5, 5.41) is 0.0873. The van der Waals surface area contributed by atoms with Crippen LogP contribution in [-0.4, -0.2) is 7.11 Å². The van der Waals surface area contributed by atoms with E-state index in [0.29, 0.717) is 20.8 Å². The summed E-state index contributed by atoms with van der Waals surface area (Å²) in [6.07, 6.45) is 0. The lowest BCUT2D eigenvalue weighted by Gasteiger charge is -2.17. The molecule has 106 valence electrons. The van der Waals surface area contributed by atoms with Crippen molar-refractivity contribution in [2.24, 2.45) is 0 Å². The molecule has 20 heavy (non-hydrogen) atoms. The minimum absolute atomic E-state index is 0.336. The quantitative estimate of drug-likeness (QED) is 0.606. The van der Waals surface area contributed by atoms with Gasteiger partial charge in [0.05, 0.1) is 17.0 Å². The van der Waals surface area contributed by atoms with E-state index in [1.54, 1.807) is 6.07 Å². The first-order valence-electron chi connectivity index (χ1n) is 5.87. The maximum atomic E-state index is 13.6. The monoisotopic (exact) mass is 376 g/mol. The Hall–Kier alpha value is -0.770. The van der Waals surface area contributed by atoms with Gasteiger partial charge in [-0.25, -0.2) is 4.39 Å². The first-order valence-corrected chi connectivity index (χ1v) is 7.48. The summed E-state index contributed by atoms with van der Waals surface area (Å²) in [6, 6.07) is 8.57. The van der Waals surface area contributed by atoms with Gasteiger partial charge in [-0.05, 0) is 40.0 Å². The molecule has 0 saturated heterocycles. The van der Waals surface area contributed by atoms with Gasteiger partial charge in [0.2, 0.25) is 0 Å². The number of benzene rings is 2. The summed E-state index contributed by atoms with van der Waals surface area (Å²) in [5.74, 6) is -0.00641. The molecule has 0 aliphatic heterocycles. The van der Waals surface area contributed by atoms with Gasteiger partial charge in [-0.3, -0.25) is 0 Å². The topological polar surface area (TPSA) is 9.23 Å². The van der Waals surface area contributed by atoms with E-state index in [0.717, 1.165) is 11.1 Å². The van der Waals surface area contributed by atoms with Crippen molar-refractivity contribution in [3.8, 4) is 5.75 Å². The Morgan fingerprint density at radius 3 is 2.60 bits per heavy atom. The smallest absolute Gasteiger partial charge is 0.141 e. The number of methoxy groups -OCH3 is 1. The van der Waals surface area contributed by atoms with Gasteiger partial charge in [0.25, 0.3) is 0 Å². The van der Waals surface area contributed by atoms with Crippen LogP contribution < -0.4 is 4.74 Å². The summed E-state index contributed by atoms with van der Waals surface area (Å²) in [7, 11) is 1.48. The maximum absolute atomic E-state index is 13.6. The van der Waals surface area contributed by atoms with E-state index < -0.39 is 11.2 Å². The molecule has 0 aliphatic carbocycles. The highest BCUT2D eigenvalue weighted by Crippen LogP contribution is 2.40. The van der Waals surface area contributed by atoms with Gasteiger partial charge in [-0.1, -0.05) is 29.8 Å². The minimum Gasteiger partial charge on any atom is -0.496 e. The second-order valence-electron chi connectivity index (χ2n) is 4.35. The Morgan fingerprint density at radius 2 is 1.95 bits per heavy atom. The number of halogens is 4. The molecule has 0 heterocycles. The third kappa shape index (κ3) is 2.95. The third-order valence-electron chi connectivity index (χ3n) is 3.04. The lowest BCUT2D eigenvalue weighted by atomic mass is 10.0. The lowest BCUT2D eigenvalue weighted by Crippen LogP contribution is -2.00. The molecule has 5 heteroatoms. The summed E-state index contributed by atoms with van der Waals surface area (Å²) < 4.78 is 19.1. The molecule has 1 nitrogen and oxygen atoms in total. The zero-order valence-electron chi connectivity index (χ0n) is 10.9. The van der Waals surface area contributed by atoms with Crippen molar-refractivity contribution in [2.45, 2.75) is 12.3 Å². The molecule has 1 atom stereocenters. The molecular weight excluding hydrogens is 366 g/mol. The maximum Gasteiger partial charge on any atom is 0.141 e. The standard InChI is InChI=1S/C15H12BrCl2FO/c1-8-4-3-5-9(14(8)17)15(18)10-6-11(16)12(19)7-13(10)20-2/h3-7,15H,1-2H3. The van der Waals surface area contributed by atoms with Crippen molar-refractivity contribution in [2.75, 3.05) is 7.11 Å². The van der Waals surface area contributed by atoms with Crippen molar-refractivity contribution in [1.29, 1.82) is 0 Å². The number of hydrogen-bond donors (Lipinski definition) is 0. The van der Waals surface area contributed by atoms with Crippen molar-refractivity contribution >= 4 is 39.1 Å². The Kier molecular flexibility index (Phi) is 4.95. The highest BCUT2D eigenvalue weighted by Gasteiger charge is 2.20. The largest absolute Gasteiger partial charge is 0.496 e. The van der Waals surface area contributed by atoms with Crippen molar-refractivity contribution in [3.05, 3.63) is 62.3 Å². The van der Waals surface area contributed by atoms with Crippen LogP contribution in [0.4, 0.5) is 4.39 Å². The average molecular weight is 378 g/mol. The van der Waals surface area contributed by atoms with E-state index in [2.05, 4.69) is 15.9 Å². The van der Waals surface area contributed by atoms with Crippen LogP contribution in [0.15, 0.2) is 34.8 Å². The normalized spacial score (nSPS) is 12.3. The molecule has 2 aromatic carbocycles. The third-order valence-corrected chi connectivity index (χ3v) is 4.63. The van der Waals surface area contributed by atoms with E-state index in [-0.39, 0.29) is 0 Å². The first kappa shape index (κ1) is 15.6. The number of alkyl halides is 1. The molecule has 0 bridgehead atoms. The van der Waals surface area contributed by atoms with Crippen LogP contribution in [0.2, 0.25) is 5.02 Å². The Labute approximate surface area is 135 Å². The number of ether oxygens (including phenoxy) is 1. The predicted molar refractivity (Wildman–Crippen MR) is 84.5 cm³/mol. The van der Waals surface area contributed by atoms with Crippen molar-refractivity contribution in [1.82, 2.24) is 0 Å². The van der Waals surface area contributed by atoms with Gasteiger partial charge in [-0.2, -0.15) is 0 Å². The van der Waals surface area contributed by atoms with Crippen LogP contribution in [0.1, 0.15) is 22.1 Å². The molecule has 0 aromatic heterocycles. The second-order valence-corrected chi connectivity index (χ2v) is 6.02. The molecule has 1 unspecified atom stereocenters. The molecule has 0 radical (unpaired) electrons. The summed E-state index contributed by atoms with van der Waals surface area (Å²) >= 11 is 16.0. The molecule has 0 aliphatic rings. The molecule has 0 N–H and O–H groups in total. The molecule has 0 fully saturated rings. The van der Waals surface area contributed by atoms with Gasteiger partial charge >= 0.3 is 0 Å². The Balaban J connectivity index is 2.55. The van der Waals surface area contributed by atoms with Crippen LogP contribution in [-0.2, 0) is 0 Å². The zero-order valence-corrected chi connectivity index (χ0v) is 14.0. The van der Waals surface area contributed by atoms with E-state index in [4.69, 9.17) is 27.9 Å². The Bertz CT molecular complexity index is 646. The number of hydrogen-bond acceptors (Lipinski definition) is 1. The van der Waals surface area contributed by atoms with Crippen LogP contribution in [0.3, 0.4) is 0 Å². The second kappa shape index (κ2) is 6.33. The fourth-order valence-corrected chi connectivity index (χ4v) is 2.96. The number of rotatable bonds is 3. The first-order chi connectivity index (χ1) is 9.45. The molecule has 0 amide bonds. The molecule has 0 spiro atoms. The van der Waals surface area contributed by atoms with Gasteiger partial charge in [0.15, 0.2) is 0 Å². The average Bonchev–Trinajstić information content (AvgIpc) is 2.43. The molecular formula is C15H12BrCl2FO. The van der Waals surface area contributed by atoms with Gasteiger partial charge in [0, 0.05) is 16.7 Å². The van der Waals surface area contributed by atoms with Crippen LogP contribution in [0.5, 0.6) is 5.75 Å². The van der Waals surface area contributed by atoms with E-state index in [9.17, 15) is 4.39 Å². The summed E-state index contributed by atoms with van der Waals surface area (Å²) in [6.45, 7) is 1.91. The van der Waals surface area contributed by atoms with Crippen LogP contribution in [0, 0.1) is 12.7 Å². The highest BCUT2D eigenvalue weighted by molar-refractivity contribution is 9.10. The lowest BCUT2D eigenvalue weighted by molar-refractivity contribution is 0.406. The van der Waals surface area contributed by atoms with E-state index >= 15 is 0 Å². The fourth-order valence-electron chi connectivity index (χ4n) is 1.95. The van der Waals surface area contributed by atoms with Gasteiger partial charge in [-0.15, -0.1) is 11.6 Å². The van der Waals surface area contributed by atoms with Gasteiger partial charge < -0.3 is 4.74 Å².